The maximum Gasteiger partial charge on any atom is 0.239 e. The number of benzene rings is 1. The zero-order valence-corrected chi connectivity index (χ0v) is 13.3. The van der Waals surface area contributed by atoms with Gasteiger partial charge in [-0.1, -0.05) is 30.3 Å². The molecule has 21 heavy (non-hydrogen) atoms. The Balaban J connectivity index is 1.87. The number of likely N-dealkylation sites (tertiary alicyclic amines) is 1. The Morgan fingerprint density at radius 3 is 2.52 bits per heavy atom. The van der Waals surface area contributed by atoms with Crippen molar-refractivity contribution in [3.8, 4) is 0 Å². The van der Waals surface area contributed by atoms with E-state index in [1.807, 2.05) is 37.1 Å². The van der Waals surface area contributed by atoms with Gasteiger partial charge in [-0.15, -0.1) is 0 Å². The summed E-state index contributed by atoms with van der Waals surface area (Å²) in [5.41, 5.74) is 1.17. The zero-order chi connectivity index (χ0) is 15.2. The van der Waals surface area contributed by atoms with Crippen LogP contribution >= 0.6 is 0 Å². The van der Waals surface area contributed by atoms with Gasteiger partial charge in [0, 0.05) is 33.8 Å². The molecule has 1 aromatic carbocycles. The summed E-state index contributed by atoms with van der Waals surface area (Å²) in [4.78, 5) is 16.6. The third kappa shape index (κ3) is 4.29. The molecule has 0 aliphatic carbocycles. The third-order valence-corrected chi connectivity index (χ3v) is 4.35. The molecule has 1 unspecified atom stereocenters. The summed E-state index contributed by atoms with van der Waals surface area (Å²) in [6.07, 6.45) is 2.37. The first-order chi connectivity index (χ1) is 10.1. The van der Waals surface area contributed by atoms with E-state index in [1.54, 1.807) is 7.11 Å². The molecule has 1 atom stereocenters. The van der Waals surface area contributed by atoms with Crippen LogP contribution in [0.1, 0.15) is 25.3 Å². The predicted octanol–water partition coefficient (Wildman–Crippen LogP) is 2.14. The number of rotatable bonds is 5. The Morgan fingerprint density at radius 1 is 1.33 bits per heavy atom. The van der Waals surface area contributed by atoms with Gasteiger partial charge in [0.1, 0.15) is 0 Å². The Morgan fingerprint density at radius 2 is 1.95 bits per heavy atom. The summed E-state index contributed by atoms with van der Waals surface area (Å²) < 4.78 is 5.38. The van der Waals surface area contributed by atoms with E-state index >= 15 is 0 Å². The molecule has 1 aromatic rings. The van der Waals surface area contributed by atoms with Gasteiger partial charge in [-0.3, -0.25) is 9.69 Å². The lowest BCUT2D eigenvalue weighted by Crippen LogP contribution is -2.49. The molecule has 0 spiro atoms. The van der Waals surface area contributed by atoms with Crippen molar-refractivity contribution in [1.29, 1.82) is 0 Å². The van der Waals surface area contributed by atoms with E-state index in [4.69, 9.17) is 4.74 Å². The Bertz CT molecular complexity index is 441. The lowest BCUT2D eigenvalue weighted by atomic mass is 10.1. The molecule has 1 aliphatic heterocycles. The number of piperidine rings is 1. The number of amides is 1. The topological polar surface area (TPSA) is 32.8 Å². The third-order valence-electron chi connectivity index (χ3n) is 4.35. The van der Waals surface area contributed by atoms with Crippen molar-refractivity contribution in [3.05, 3.63) is 35.9 Å². The SMILES string of the molecule is COC1CCN(C(C)C(=O)N(C)Cc2ccccc2)CC1. The number of likely N-dealkylation sites (N-methyl/N-ethyl adjacent to an activating group) is 1. The molecular weight excluding hydrogens is 264 g/mol. The van der Waals surface area contributed by atoms with Crippen molar-refractivity contribution < 1.29 is 9.53 Å². The Kier molecular flexibility index (Phi) is 5.76. The fraction of sp³-hybridized carbons (Fsp3) is 0.588. The molecule has 0 bridgehead atoms. The highest BCUT2D eigenvalue weighted by Crippen LogP contribution is 2.16. The molecule has 0 radical (unpaired) electrons. The van der Waals surface area contributed by atoms with Crippen LogP contribution in [0.3, 0.4) is 0 Å². The number of hydrogen-bond donors (Lipinski definition) is 0. The van der Waals surface area contributed by atoms with Crippen LogP contribution in [0.2, 0.25) is 0 Å². The molecule has 1 amide bonds. The van der Waals surface area contributed by atoms with Crippen molar-refractivity contribution in [3.63, 3.8) is 0 Å². The van der Waals surface area contributed by atoms with Crippen LogP contribution < -0.4 is 0 Å². The number of nitrogens with zero attached hydrogens (tertiary/aromatic N) is 2. The van der Waals surface area contributed by atoms with Gasteiger partial charge in [-0.05, 0) is 25.3 Å². The summed E-state index contributed by atoms with van der Waals surface area (Å²) in [5, 5.41) is 0. The van der Waals surface area contributed by atoms with Crippen LogP contribution in [0.4, 0.5) is 0 Å². The van der Waals surface area contributed by atoms with Gasteiger partial charge < -0.3 is 9.64 Å². The minimum absolute atomic E-state index is 0.0588. The first-order valence-corrected chi connectivity index (χ1v) is 7.67. The van der Waals surface area contributed by atoms with Crippen molar-refractivity contribution in [1.82, 2.24) is 9.80 Å². The van der Waals surface area contributed by atoms with Gasteiger partial charge in [0.05, 0.1) is 12.1 Å². The number of ether oxygens (including phenoxy) is 1. The van der Waals surface area contributed by atoms with Crippen LogP contribution in [0.25, 0.3) is 0 Å². The second-order valence-corrected chi connectivity index (χ2v) is 5.83. The number of methoxy groups -OCH3 is 1. The monoisotopic (exact) mass is 290 g/mol. The smallest absolute Gasteiger partial charge is 0.239 e. The fourth-order valence-corrected chi connectivity index (χ4v) is 2.91. The van der Waals surface area contributed by atoms with Crippen LogP contribution in [0.15, 0.2) is 30.3 Å². The quantitative estimate of drug-likeness (QED) is 0.833. The summed E-state index contributed by atoms with van der Waals surface area (Å²) in [7, 11) is 3.65. The van der Waals surface area contributed by atoms with Gasteiger partial charge in [-0.2, -0.15) is 0 Å². The average Bonchev–Trinajstić information content (AvgIpc) is 2.54. The summed E-state index contributed by atoms with van der Waals surface area (Å²) >= 11 is 0. The van der Waals surface area contributed by atoms with Gasteiger partial charge in [0.25, 0.3) is 0 Å². The molecule has 0 N–H and O–H groups in total. The maximum absolute atomic E-state index is 12.6. The van der Waals surface area contributed by atoms with E-state index in [0.717, 1.165) is 25.9 Å². The minimum Gasteiger partial charge on any atom is -0.381 e. The molecule has 0 saturated carbocycles. The number of hydrogen-bond acceptors (Lipinski definition) is 3. The maximum atomic E-state index is 12.6. The number of carbonyl (C=O) groups excluding carboxylic acids is 1. The van der Waals surface area contributed by atoms with E-state index < -0.39 is 0 Å². The molecule has 1 aliphatic rings. The van der Waals surface area contributed by atoms with E-state index in [1.165, 1.54) is 5.56 Å². The van der Waals surface area contributed by atoms with E-state index in [2.05, 4.69) is 17.0 Å². The molecule has 116 valence electrons. The lowest BCUT2D eigenvalue weighted by Gasteiger charge is -2.36. The highest BCUT2D eigenvalue weighted by atomic mass is 16.5. The van der Waals surface area contributed by atoms with E-state index in [0.29, 0.717) is 12.6 Å². The second kappa shape index (κ2) is 7.57. The Labute approximate surface area is 127 Å². The fourth-order valence-electron chi connectivity index (χ4n) is 2.91. The average molecular weight is 290 g/mol. The van der Waals surface area contributed by atoms with Crippen molar-refractivity contribution >= 4 is 5.91 Å². The van der Waals surface area contributed by atoms with Gasteiger partial charge in [-0.25, -0.2) is 0 Å². The summed E-state index contributed by atoms with van der Waals surface area (Å²) in [5.74, 6) is 0.190. The molecule has 4 nitrogen and oxygen atoms in total. The summed E-state index contributed by atoms with van der Waals surface area (Å²) in [6.45, 7) is 4.55. The molecule has 1 saturated heterocycles. The van der Waals surface area contributed by atoms with E-state index in [-0.39, 0.29) is 11.9 Å². The molecule has 1 fully saturated rings. The Hall–Kier alpha value is -1.39. The second-order valence-electron chi connectivity index (χ2n) is 5.83. The molecule has 1 heterocycles. The minimum atomic E-state index is -0.0588. The van der Waals surface area contributed by atoms with Crippen LogP contribution in [-0.4, -0.2) is 55.1 Å². The highest BCUT2D eigenvalue weighted by Gasteiger charge is 2.28. The standard InChI is InChI=1S/C17H26N2O2/c1-14(19-11-9-16(21-3)10-12-19)17(20)18(2)13-15-7-5-4-6-8-15/h4-8,14,16H,9-13H2,1-3H3. The molecule has 4 heteroatoms. The highest BCUT2D eigenvalue weighted by molar-refractivity contribution is 5.81. The molecule has 0 aromatic heterocycles. The molecular formula is C17H26N2O2. The van der Waals surface area contributed by atoms with Crippen LogP contribution in [-0.2, 0) is 16.1 Å². The number of carbonyl (C=O) groups is 1. The zero-order valence-electron chi connectivity index (χ0n) is 13.3. The van der Waals surface area contributed by atoms with Crippen LogP contribution in [0, 0.1) is 0 Å². The van der Waals surface area contributed by atoms with Gasteiger partial charge in [0.15, 0.2) is 0 Å². The first kappa shape index (κ1) is 16.0. The van der Waals surface area contributed by atoms with Crippen molar-refractivity contribution in [2.75, 3.05) is 27.2 Å². The van der Waals surface area contributed by atoms with Crippen LogP contribution in [0.5, 0.6) is 0 Å². The normalized spacial score (nSPS) is 18.4. The first-order valence-electron chi connectivity index (χ1n) is 7.67. The summed E-state index contributed by atoms with van der Waals surface area (Å²) in [6, 6.07) is 10.1. The van der Waals surface area contributed by atoms with Gasteiger partial charge in [0.2, 0.25) is 5.91 Å². The molecule has 2 rings (SSSR count). The van der Waals surface area contributed by atoms with Crippen molar-refractivity contribution in [2.45, 2.75) is 38.5 Å². The predicted molar refractivity (Wildman–Crippen MR) is 84.0 cm³/mol. The van der Waals surface area contributed by atoms with Gasteiger partial charge >= 0.3 is 0 Å². The largest absolute Gasteiger partial charge is 0.381 e. The van der Waals surface area contributed by atoms with Crippen molar-refractivity contribution in [2.24, 2.45) is 0 Å². The van der Waals surface area contributed by atoms with E-state index in [9.17, 15) is 4.79 Å². The lowest BCUT2D eigenvalue weighted by molar-refractivity contribution is -0.136.